The van der Waals surface area contributed by atoms with Gasteiger partial charge in [0, 0.05) is 18.8 Å². The monoisotopic (exact) mass is 219 g/mol. The molecule has 3 nitrogen and oxygen atoms in total. The average Bonchev–Trinajstić information content (AvgIpc) is 2.27. The van der Waals surface area contributed by atoms with Gasteiger partial charge in [0.1, 0.15) is 6.33 Å². The van der Waals surface area contributed by atoms with Gasteiger partial charge in [-0.1, -0.05) is 20.3 Å². The quantitative estimate of drug-likeness (QED) is 0.849. The second-order valence-corrected chi connectivity index (χ2v) is 5.54. The number of nitrogens with one attached hydrogen (secondary N) is 1. The van der Waals surface area contributed by atoms with Crippen molar-refractivity contribution in [3.05, 3.63) is 24.3 Å². The van der Waals surface area contributed by atoms with Gasteiger partial charge in [0.25, 0.3) is 0 Å². The molecule has 1 unspecified atom stereocenters. The summed E-state index contributed by atoms with van der Waals surface area (Å²) in [7, 11) is 0. The summed E-state index contributed by atoms with van der Waals surface area (Å²) < 4.78 is 0. The van der Waals surface area contributed by atoms with Gasteiger partial charge in [-0.2, -0.15) is 0 Å². The van der Waals surface area contributed by atoms with Gasteiger partial charge >= 0.3 is 0 Å². The van der Waals surface area contributed by atoms with E-state index in [1.54, 1.807) is 12.5 Å². The Balaban J connectivity index is 1.82. The maximum atomic E-state index is 4.23. The summed E-state index contributed by atoms with van der Waals surface area (Å²) in [6.07, 6.45) is 8.69. The van der Waals surface area contributed by atoms with Gasteiger partial charge in [-0.05, 0) is 30.7 Å². The summed E-state index contributed by atoms with van der Waals surface area (Å²) in [5, 5.41) is 3.60. The molecular weight excluding hydrogens is 198 g/mol. The predicted molar refractivity (Wildman–Crippen MR) is 64.9 cm³/mol. The zero-order valence-corrected chi connectivity index (χ0v) is 10.2. The molecule has 88 valence electrons. The van der Waals surface area contributed by atoms with Crippen molar-refractivity contribution >= 4 is 0 Å². The Morgan fingerprint density at radius 2 is 2.38 bits per heavy atom. The number of nitrogens with zero attached hydrogens (tertiary/aromatic N) is 2. The van der Waals surface area contributed by atoms with Crippen molar-refractivity contribution in [1.29, 1.82) is 0 Å². The number of hydrogen-bond acceptors (Lipinski definition) is 3. The Kier molecular flexibility index (Phi) is 3.54. The second-order valence-electron chi connectivity index (χ2n) is 5.54. The van der Waals surface area contributed by atoms with Crippen molar-refractivity contribution in [2.45, 2.75) is 52.1 Å². The maximum Gasteiger partial charge on any atom is 0.115 e. The molecule has 0 aromatic carbocycles. The lowest BCUT2D eigenvalue weighted by molar-refractivity contribution is 0.197. The van der Waals surface area contributed by atoms with E-state index in [1.807, 2.05) is 6.07 Å². The molecule has 0 amide bonds. The van der Waals surface area contributed by atoms with Crippen molar-refractivity contribution in [3.63, 3.8) is 0 Å². The van der Waals surface area contributed by atoms with Crippen LogP contribution in [-0.2, 0) is 6.54 Å². The van der Waals surface area contributed by atoms with E-state index in [1.165, 1.54) is 25.7 Å². The smallest absolute Gasteiger partial charge is 0.115 e. The van der Waals surface area contributed by atoms with Crippen LogP contribution in [0.5, 0.6) is 0 Å². The first-order valence-electron chi connectivity index (χ1n) is 6.14. The third kappa shape index (κ3) is 3.27. The molecule has 0 spiro atoms. The lowest BCUT2D eigenvalue weighted by Gasteiger charge is -2.35. The van der Waals surface area contributed by atoms with E-state index in [4.69, 9.17) is 0 Å². The zero-order valence-electron chi connectivity index (χ0n) is 10.2. The van der Waals surface area contributed by atoms with Gasteiger partial charge in [0.05, 0.1) is 5.69 Å². The highest BCUT2D eigenvalue weighted by atomic mass is 14.9. The minimum Gasteiger partial charge on any atom is -0.308 e. The third-order valence-corrected chi connectivity index (χ3v) is 3.42. The van der Waals surface area contributed by atoms with Gasteiger partial charge in [-0.3, -0.25) is 0 Å². The molecule has 0 aliphatic heterocycles. The van der Waals surface area contributed by atoms with Crippen molar-refractivity contribution in [1.82, 2.24) is 15.3 Å². The Hall–Kier alpha value is -0.960. The maximum absolute atomic E-state index is 4.23. The number of rotatable bonds is 3. The Bertz CT molecular complexity index is 321. The van der Waals surface area contributed by atoms with Crippen molar-refractivity contribution in [3.8, 4) is 0 Å². The molecule has 0 bridgehead atoms. The van der Waals surface area contributed by atoms with Crippen LogP contribution in [0.15, 0.2) is 18.6 Å². The van der Waals surface area contributed by atoms with E-state index < -0.39 is 0 Å². The van der Waals surface area contributed by atoms with E-state index in [2.05, 4.69) is 29.1 Å². The Labute approximate surface area is 97.7 Å². The lowest BCUT2D eigenvalue weighted by atomic mass is 9.75. The number of hydrogen-bond donors (Lipinski definition) is 1. The van der Waals surface area contributed by atoms with Crippen molar-refractivity contribution in [2.24, 2.45) is 5.41 Å². The first-order chi connectivity index (χ1) is 7.66. The molecular formula is C13H21N3. The van der Waals surface area contributed by atoms with Crippen molar-refractivity contribution < 1.29 is 0 Å². The van der Waals surface area contributed by atoms with E-state index >= 15 is 0 Å². The summed E-state index contributed by atoms with van der Waals surface area (Å²) in [6, 6.07) is 2.62. The SMILES string of the molecule is CC1(C)CCCC(NCc2ccncn2)C1. The van der Waals surface area contributed by atoms with Crippen LogP contribution in [-0.4, -0.2) is 16.0 Å². The summed E-state index contributed by atoms with van der Waals surface area (Å²) >= 11 is 0. The minimum absolute atomic E-state index is 0.502. The predicted octanol–water partition coefficient (Wildman–Crippen LogP) is 2.54. The highest BCUT2D eigenvalue weighted by Gasteiger charge is 2.27. The standard InChI is InChI=1S/C13H21N3/c1-13(2)6-3-4-11(8-13)15-9-12-5-7-14-10-16-12/h5,7,10-11,15H,3-4,6,8-9H2,1-2H3. The molecule has 1 heterocycles. The van der Waals surface area contributed by atoms with Gasteiger partial charge in [0.15, 0.2) is 0 Å². The molecule has 1 N–H and O–H groups in total. The molecule has 3 heteroatoms. The second kappa shape index (κ2) is 4.91. The molecule has 16 heavy (non-hydrogen) atoms. The Morgan fingerprint density at radius 3 is 3.06 bits per heavy atom. The summed E-state index contributed by atoms with van der Waals surface area (Å²) in [5.41, 5.74) is 1.58. The Morgan fingerprint density at radius 1 is 1.50 bits per heavy atom. The first-order valence-corrected chi connectivity index (χ1v) is 6.14. The molecule has 2 rings (SSSR count). The van der Waals surface area contributed by atoms with Crippen molar-refractivity contribution in [2.75, 3.05) is 0 Å². The third-order valence-electron chi connectivity index (χ3n) is 3.42. The molecule has 1 saturated carbocycles. The van der Waals surface area contributed by atoms with Crippen LogP contribution in [0.2, 0.25) is 0 Å². The molecule has 1 atom stereocenters. The normalized spacial score (nSPS) is 24.2. The minimum atomic E-state index is 0.502. The highest BCUT2D eigenvalue weighted by molar-refractivity contribution is 4.97. The highest BCUT2D eigenvalue weighted by Crippen LogP contribution is 2.35. The molecule has 0 radical (unpaired) electrons. The van der Waals surface area contributed by atoms with Crippen LogP contribution in [0.4, 0.5) is 0 Å². The fraction of sp³-hybridized carbons (Fsp3) is 0.692. The van der Waals surface area contributed by atoms with Crippen LogP contribution in [0.25, 0.3) is 0 Å². The van der Waals surface area contributed by atoms with Crippen LogP contribution in [0.1, 0.15) is 45.2 Å². The zero-order chi connectivity index (χ0) is 11.4. The molecule has 1 fully saturated rings. The van der Waals surface area contributed by atoms with Crippen LogP contribution in [0.3, 0.4) is 0 Å². The summed E-state index contributed by atoms with van der Waals surface area (Å²) in [4.78, 5) is 8.15. The van der Waals surface area contributed by atoms with E-state index in [0.717, 1.165) is 12.2 Å². The van der Waals surface area contributed by atoms with E-state index in [9.17, 15) is 0 Å². The topological polar surface area (TPSA) is 37.8 Å². The molecule has 1 aliphatic carbocycles. The fourth-order valence-electron chi connectivity index (χ4n) is 2.54. The summed E-state index contributed by atoms with van der Waals surface area (Å²) in [5.74, 6) is 0. The molecule has 1 aliphatic rings. The molecule has 1 aromatic rings. The lowest BCUT2D eigenvalue weighted by Crippen LogP contribution is -2.37. The van der Waals surface area contributed by atoms with Gasteiger partial charge < -0.3 is 5.32 Å². The molecule has 1 aromatic heterocycles. The van der Waals surface area contributed by atoms with E-state index in [0.29, 0.717) is 11.5 Å². The van der Waals surface area contributed by atoms with Gasteiger partial charge in [-0.15, -0.1) is 0 Å². The first kappa shape index (κ1) is 11.5. The van der Waals surface area contributed by atoms with E-state index in [-0.39, 0.29) is 0 Å². The molecule has 0 saturated heterocycles. The van der Waals surface area contributed by atoms with Gasteiger partial charge in [-0.25, -0.2) is 9.97 Å². The number of aromatic nitrogens is 2. The van der Waals surface area contributed by atoms with Crippen LogP contribution in [0, 0.1) is 5.41 Å². The van der Waals surface area contributed by atoms with Crippen LogP contribution >= 0.6 is 0 Å². The summed E-state index contributed by atoms with van der Waals surface area (Å²) in [6.45, 7) is 5.60. The van der Waals surface area contributed by atoms with Gasteiger partial charge in [0.2, 0.25) is 0 Å². The largest absolute Gasteiger partial charge is 0.308 e. The van der Waals surface area contributed by atoms with Crippen LogP contribution < -0.4 is 5.32 Å². The fourth-order valence-corrected chi connectivity index (χ4v) is 2.54. The average molecular weight is 219 g/mol.